The minimum atomic E-state index is -4.50. The van der Waals surface area contributed by atoms with Gasteiger partial charge < -0.3 is 9.73 Å². The highest BCUT2D eigenvalue weighted by molar-refractivity contribution is 7.98. The lowest BCUT2D eigenvalue weighted by atomic mass is 10.1. The van der Waals surface area contributed by atoms with E-state index in [9.17, 15) is 18.0 Å². The third kappa shape index (κ3) is 5.78. The Hall–Kier alpha value is -4.38. The van der Waals surface area contributed by atoms with E-state index in [1.54, 1.807) is 65.5 Å². The zero-order valence-electron chi connectivity index (χ0n) is 19.7. The maximum atomic E-state index is 13.4. The van der Waals surface area contributed by atoms with Crippen molar-refractivity contribution >= 4 is 17.7 Å². The molecule has 1 amide bonds. The van der Waals surface area contributed by atoms with E-state index in [4.69, 9.17) is 4.42 Å². The molecule has 38 heavy (non-hydrogen) atoms. The van der Waals surface area contributed by atoms with E-state index in [0.717, 1.165) is 17.7 Å². The summed E-state index contributed by atoms with van der Waals surface area (Å²) >= 11 is 1.30. The number of furan rings is 1. The maximum Gasteiger partial charge on any atom is 0.416 e. The number of thioether (sulfide) groups is 1. The van der Waals surface area contributed by atoms with Crippen molar-refractivity contribution in [3.05, 3.63) is 114 Å². The predicted octanol–water partition coefficient (Wildman–Crippen LogP) is 6.16. The van der Waals surface area contributed by atoms with Gasteiger partial charge in [0.1, 0.15) is 5.76 Å². The Balaban J connectivity index is 1.40. The molecule has 11 heteroatoms. The van der Waals surface area contributed by atoms with Crippen molar-refractivity contribution in [3.63, 3.8) is 0 Å². The standard InChI is InChI=1S/C27H20F3N5O2S/c28-27(29,30)21-8-2-9-22(14-21)35-24(20-7-3-11-31-15-20)33-34-26(35)38-17-18-5-1-6-19(13-18)25(36)32-16-23-10-4-12-37-23/h1-15H,16-17H2,(H,32,36). The van der Waals surface area contributed by atoms with Crippen LogP contribution in [-0.2, 0) is 18.5 Å². The summed E-state index contributed by atoms with van der Waals surface area (Å²) in [5, 5.41) is 11.7. The van der Waals surface area contributed by atoms with Crippen LogP contribution in [0.2, 0.25) is 0 Å². The SMILES string of the molecule is O=C(NCc1ccco1)c1cccc(CSc2nnc(-c3cccnc3)n2-c2cccc(C(F)(F)F)c2)c1. The molecule has 1 N–H and O–H groups in total. The van der Waals surface area contributed by atoms with Crippen molar-refractivity contribution in [3.8, 4) is 17.1 Å². The van der Waals surface area contributed by atoms with Crippen molar-refractivity contribution in [2.24, 2.45) is 0 Å². The molecule has 0 radical (unpaired) electrons. The number of hydrogen-bond donors (Lipinski definition) is 1. The number of nitrogens with one attached hydrogen (secondary N) is 1. The number of aromatic nitrogens is 4. The van der Waals surface area contributed by atoms with Crippen molar-refractivity contribution < 1.29 is 22.4 Å². The number of nitrogens with zero attached hydrogens (tertiary/aromatic N) is 4. The van der Waals surface area contributed by atoms with E-state index in [1.807, 2.05) is 6.07 Å². The first-order valence-corrected chi connectivity index (χ1v) is 12.4. The van der Waals surface area contributed by atoms with Gasteiger partial charge in [-0.15, -0.1) is 10.2 Å². The average molecular weight is 536 g/mol. The summed E-state index contributed by atoms with van der Waals surface area (Å²) in [5.74, 6) is 1.16. The summed E-state index contributed by atoms with van der Waals surface area (Å²) in [5.41, 5.74) is 1.42. The van der Waals surface area contributed by atoms with Gasteiger partial charge in [0.15, 0.2) is 11.0 Å². The molecule has 0 aliphatic rings. The molecular formula is C27H20F3N5O2S. The minimum absolute atomic E-state index is 0.251. The highest BCUT2D eigenvalue weighted by Crippen LogP contribution is 2.34. The quantitative estimate of drug-likeness (QED) is 0.240. The van der Waals surface area contributed by atoms with E-state index >= 15 is 0 Å². The molecule has 2 aromatic carbocycles. The summed E-state index contributed by atoms with van der Waals surface area (Å²) < 4.78 is 47.2. The molecule has 5 rings (SSSR count). The van der Waals surface area contributed by atoms with Crippen LogP contribution >= 0.6 is 11.8 Å². The van der Waals surface area contributed by atoms with Crippen LogP contribution in [0.5, 0.6) is 0 Å². The fourth-order valence-corrected chi connectivity index (χ4v) is 4.63. The lowest BCUT2D eigenvalue weighted by Gasteiger charge is -2.13. The lowest BCUT2D eigenvalue weighted by molar-refractivity contribution is -0.137. The molecule has 3 aromatic heterocycles. The number of carbonyl (C=O) groups excluding carboxylic acids is 1. The number of halogens is 3. The molecule has 0 saturated heterocycles. The summed E-state index contributed by atoms with van der Waals surface area (Å²) in [6.07, 6.45) is 0.218. The van der Waals surface area contributed by atoms with Gasteiger partial charge in [-0.2, -0.15) is 13.2 Å². The van der Waals surface area contributed by atoms with Gasteiger partial charge >= 0.3 is 6.18 Å². The fraction of sp³-hybridized carbons (Fsp3) is 0.111. The number of amides is 1. The number of hydrogen-bond acceptors (Lipinski definition) is 6. The van der Waals surface area contributed by atoms with Gasteiger partial charge in [-0.3, -0.25) is 14.3 Å². The third-order valence-electron chi connectivity index (χ3n) is 5.55. The lowest BCUT2D eigenvalue weighted by Crippen LogP contribution is -2.22. The van der Waals surface area contributed by atoms with Gasteiger partial charge in [0.25, 0.3) is 5.91 Å². The van der Waals surface area contributed by atoms with Crippen LogP contribution in [0.25, 0.3) is 17.1 Å². The predicted molar refractivity (Wildman–Crippen MR) is 135 cm³/mol. The molecule has 3 heterocycles. The Morgan fingerprint density at radius 3 is 2.63 bits per heavy atom. The number of benzene rings is 2. The molecule has 0 atom stereocenters. The van der Waals surface area contributed by atoms with Crippen molar-refractivity contribution in [2.75, 3.05) is 0 Å². The van der Waals surface area contributed by atoms with Crippen LogP contribution in [0.4, 0.5) is 13.2 Å². The van der Waals surface area contributed by atoms with Crippen LogP contribution in [-0.4, -0.2) is 25.7 Å². The fourth-order valence-electron chi connectivity index (χ4n) is 3.73. The van der Waals surface area contributed by atoms with Crippen LogP contribution in [0.3, 0.4) is 0 Å². The van der Waals surface area contributed by atoms with Crippen LogP contribution in [0.15, 0.2) is 101 Å². The zero-order valence-corrected chi connectivity index (χ0v) is 20.5. The first-order valence-electron chi connectivity index (χ1n) is 11.4. The van der Waals surface area contributed by atoms with E-state index < -0.39 is 11.7 Å². The number of carbonyl (C=O) groups is 1. The number of rotatable bonds is 8. The molecule has 0 saturated carbocycles. The minimum Gasteiger partial charge on any atom is -0.467 e. The van der Waals surface area contributed by atoms with Crippen LogP contribution < -0.4 is 5.32 Å². The smallest absolute Gasteiger partial charge is 0.416 e. The van der Waals surface area contributed by atoms with Gasteiger partial charge in [-0.05, 0) is 60.2 Å². The molecule has 192 valence electrons. The van der Waals surface area contributed by atoms with Crippen molar-refractivity contribution in [1.29, 1.82) is 0 Å². The van der Waals surface area contributed by atoms with Gasteiger partial charge in [0.05, 0.1) is 24.1 Å². The number of alkyl halides is 3. The Morgan fingerprint density at radius 2 is 1.87 bits per heavy atom. The van der Waals surface area contributed by atoms with Gasteiger partial charge in [0.2, 0.25) is 0 Å². The van der Waals surface area contributed by atoms with Crippen LogP contribution in [0, 0.1) is 0 Å². The summed E-state index contributed by atoms with van der Waals surface area (Å²) in [6.45, 7) is 0.266. The molecule has 7 nitrogen and oxygen atoms in total. The largest absolute Gasteiger partial charge is 0.467 e. The zero-order chi connectivity index (χ0) is 26.5. The Kier molecular flexibility index (Phi) is 7.27. The van der Waals surface area contributed by atoms with E-state index in [2.05, 4.69) is 20.5 Å². The average Bonchev–Trinajstić information content (AvgIpc) is 3.61. The van der Waals surface area contributed by atoms with E-state index in [-0.39, 0.29) is 18.1 Å². The molecule has 0 unspecified atom stereocenters. The molecular weight excluding hydrogens is 515 g/mol. The Bertz CT molecular complexity index is 1540. The van der Waals surface area contributed by atoms with Crippen LogP contribution in [0.1, 0.15) is 27.2 Å². The van der Waals surface area contributed by atoms with E-state index in [1.165, 1.54) is 24.1 Å². The van der Waals surface area contributed by atoms with Gasteiger partial charge in [-0.1, -0.05) is 30.0 Å². The van der Waals surface area contributed by atoms with Crippen molar-refractivity contribution in [2.45, 2.75) is 23.6 Å². The molecule has 0 aliphatic carbocycles. The first kappa shape index (κ1) is 25.3. The molecule has 0 fully saturated rings. The third-order valence-corrected chi connectivity index (χ3v) is 6.55. The number of pyridine rings is 1. The normalized spacial score (nSPS) is 11.4. The highest BCUT2D eigenvalue weighted by atomic mass is 32.2. The monoisotopic (exact) mass is 535 g/mol. The topological polar surface area (TPSA) is 85.8 Å². The highest BCUT2D eigenvalue weighted by Gasteiger charge is 2.31. The second-order valence-electron chi connectivity index (χ2n) is 8.18. The summed E-state index contributed by atoms with van der Waals surface area (Å²) in [7, 11) is 0. The molecule has 0 aliphatic heterocycles. The second kappa shape index (κ2) is 10.9. The first-order chi connectivity index (χ1) is 18.4. The summed E-state index contributed by atoms with van der Waals surface area (Å²) in [4.78, 5) is 16.7. The van der Waals surface area contributed by atoms with Gasteiger partial charge in [0, 0.05) is 29.3 Å². The van der Waals surface area contributed by atoms with Gasteiger partial charge in [-0.25, -0.2) is 0 Å². The van der Waals surface area contributed by atoms with Crippen molar-refractivity contribution in [1.82, 2.24) is 25.1 Å². The molecule has 0 bridgehead atoms. The van der Waals surface area contributed by atoms with E-state index in [0.29, 0.717) is 33.6 Å². The molecule has 0 spiro atoms. The Morgan fingerprint density at radius 1 is 1.00 bits per heavy atom. The maximum absolute atomic E-state index is 13.4. The second-order valence-corrected chi connectivity index (χ2v) is 9.12. The molecule has 5 aromatic rings. The Labute approximate surface area is 219 Å². The summed E-state index contributed by atoms with van der Waals surface area (Å²) in [6, 6.07) is 19.1.